The van der Waals surface area contributed by atoms with Crippen LogP contribution in [0.2, 0.25) is 0 Å². The maximum Gasteiger partial charge on any atom is 0.306 e. The summed E-state index contributed by atoms with van der Waals surface area (Å²) < 4.78 is 10.2. The van der Waals surface area contributed by atoms with Crippen molar-refractivity contribution in [2.75, 3.05) is 11.9 Å². The zero-order chi connectivity index (χ0) is 21.5. The van der Waals surface area contributed by atoms with Crippen LogP contribution in [0.1, 0.15) is 12.3 Å². The summed E-state index contributed by atoms with van der Waals surface area (Å²) in [5.41, 5.74) is 3.40. The summed E-state index contributed by atoms with van der Waals surface area (Å²) in [5, 5.41) is 10.5. The topological polar surface area (TPSA) is 94.3 Å². The van der Waals surface area contributed by atoms with E-state index in [1.54, 1.807) is 0 Å². The van der Waals surface area contributed by atoms with Gasteiger partial charge in [0.25, 0.3) is 5.91 Å². The van der Waals surface area contributed by atoms with E-state index in [4.69, 9.17) is 9.26 Å². The van der Waals surface area contributed by atoms with E-state index in [-0.39, 0.29) is 19.4 Å². The molecule has 2 heterocycles. The van der Waals surface area contributed by atoms with Crippen molar-refractivity contribution in [3.8, 4) is 22.5 Å². The molecule has 2 aromatic heterocycles. The molecule has 0 aliphatic carbocycles. The number of ether oxygens (including phenoxy) is 1. The van der Waals surface area contributed by atoms with E-state index >= 15 is 0 Å². The lowest BCUT2D eigenvalue weighted by Crippen LogP contribution is -2.21. The fraction of sp³-hybridized carbons (Fsp3) is 0.130. The second kappa shape index (κ2) is 9.82. The van der Waals surface area contributed by atoms with E-state index in [2.05, 4.69) is 15.5 Å². The summed E-state index contributed by atoms with van der Waals surface area (Å²) in [6, 6.07) is 19.1. The number of aryl methyl sites for hydroxylation is 1. The number of carbonyl (C=O) groups is 2. The minimum Gasteiger partial charge on any atom is -0.456 e. The summed E-state index contributed by atoms with van der Waals surface area (Å²) in [4.78, 5) is 28.5. The van der Waals surface area contributed by atoms with E-state index in [1.807, 2.05) is 71.4 Å². The Kier molecular flexibility index (Phi) is 6.49. The molecule has 0 unspecified atom stereocenters. The normalized spacial score (nSPS) is 10.6. The maximum absolute atomic E-state index is 12.3. The monoisotopic (exact) mass is 433 g/mol. The van der Waals surface area contributed by atoms with Crippen molar-refractivity contribution < 1.29 is 18.8 Å². The second-order valence-electron chi connectivity index (χ2n) is 6.64. The Morgan fingerprint density at radius 1 is 1.00 bits per heavy atom. The third kappa shape index (κ3) is 5.43. The number of esters is 1. The van der Waals surface area contributed by atoms with Gasteiger partial charge >= 0.3 is 5.97 Å². The minimum atomic E-state index is -0.512. The number of hydrogen-bond acceptors (Lipinski definition) is 7. The molecule has 0 radical (unpaired) electrons. The van der Waals surface area contributed by atoms with Crippen LogP contribution in [0.5, 0.6) is 0 Å². The number of aromatic nitrogens is 2. The number of benzene rings is 2. The first-order chi connectivity index (χ1) is 15.2. The Bertz CT molecular complexity index is 1160. The first-order valence-electron chi connectivity index (χ1n) is 9.64. The van der Waals surface area contributed by atoms with Crippen LogP contribution in [0.15, 0.2) is 75.9 Å². The molecule has 1 amide bonds. The van der Waals surface area contributed by atoms with E-state index in [9.17, 15) is 9.59 Å². The molecule has 0 fully saturated rings. The summed E-state index contributed by atoms with van der Waals surface area (Å²) in [6.07, 6.45) is 0.285. The van der Waals surface area contributed by atoms with Gasteiger partial charge in [-0.3, -0.25) is 9.59 Å². The third-order valence-corrected chi connectivity index (χ3v) is 5.12. The molecule has 0 bridgehead atoms. The highest BCUT2D eigenvalue weighted by atomic mass is 32.1. The van der Waals surface area contributed by atoms with Crippen LogP contribution in [0.4, 0.5) is 5.69 Å². The Morgan fingerprint density at radius 2 is 1.81 bits per heavy atom. The van der Waals surface area contributed by atoms with Crippen molar-refractivity contribution >= 4 is 28.9 Å². The number of nitrogens with one attached hydrogen (secondary N) is 1. The van der Waals surface area contributed by atoms with Crippen molar-refractivity contribution in [1.29, 1.82) is 0 Å². The first kappa shape index (κ1) is 20.5. The molecular weight excluding hydrogens is 414 g/mol. The quantitative estimate of drug-likeness (QED) is 0.409. The molecule has 31 heavy (non-hydrogen) atoms. The van der Waals surface area contributed by atoms with Crippen LogP contribution in [-0.2, 0) is 20.7 Å². The largest absolute Gasteiger partial charge is 0.456 e. The van der Waals surface area contributed by atoms with Gasteiger partial charge in [0.2, 0.25) is 11.7 Å². The molecule has 0 atom stereocenters. The van der Waals surface area contributed by atoms with E-state index in [0.717, 1.165) is 16.7 Å². The average Bonchev–Trinajstić information content (AvgIpc) is 3.49. The van der Waals surface area contributed by atoms with Crippen LogP contribution in [-0.4, -0.2) is 28.6 Å². The van der Waals surface area contributed by atoms with Crippen LogP contribution < -0.4 is 5.32 Å². The average molecular weight is 433 g/mol. The van der Waals surface area contributed by atoms with Gasteiger partial charge in [-0.1, -0.05) is 53.7 Å². The molecule has 0 saturated heterocycles. The van der Waals surface area contributed by atoms with Gasteiger partial charge in [0, 0.05) is 28.6 Å². The highest BCUT2D eigenvalue weighted by Gasteiger charge is 2.14. The highest BCUT2D eigenvalue weighted by molar-refractivity contribution is 7.08. The number of thiophene rings is 1. The molecule has 7 nitrogen and oxygen atoms in total. The lowest BCUT2D eigenvalue weighted by atomic mass is 10.0. The van der Waals surface area contributed by atoms with Gasteiger partial charge in [0.15, 0.2) is 6.61 Å². The van der Waals surface area contributed by atoms with Gasteiger partial charge in [0.05, 0.1) is 6.42 Å². The molecule has 156 valence electrons. The van der Waals surface area contributed by atoms with Crippen LogP contribution >= 0.6 is 11.3 Å². The lowest BCUT2D eigenvalue weighted by molar-refractivity contribution is -0.147. The van der Waals surface area contributed by atoms with Crippen LogP contribution in [0.25, 0.3) is 22.5 Å². The van der Waals surface area contributed by atoms with Crippen LogP contribution in [0.3, 0.4) is 0 Å². The van der Waals surface area contributed by atoms with Crippen LogP contribution in [0, 0.1) is 0 Å². The molecule has 0 aliphatic rings. The third-order valence-electron chi connectivity index (χ3n) is 4.44. The zero-order valence-electron chi connectivity index (χ0n) is 16.5. The van der Waals surface area contributed by atoms with E-state index in [1.165, 1.54) is 11.3 Å². The van der Waals surface area contributed by atoms with Gasteiger partial charge in [-0.2, -0.15) is 16.3 Å². The number of para-hydroxylation sites is 1. The number of amides is 1. The molecular formula is C23H19N3O4S. The van der Waals surface area contributed by atoms with Crippen molar-refractivity contribution in [2.24, 2.45) is 0 Å². The van der Waals surface area contributed by atoms with Gasteiger partial charge in [0.1, 0.15) is 0 Å². The number of carbonyl (C=O) groups excluding carboxylic acids is 2. The molecule has 1 N–H and O–H groups in total. The van der Waals surface area contributed by atoms with E-state index in [0.29, 0.717) is 17.4 Å². The molecule has 0 spiro atoms. The van der Waals surface area contributed by atoms with Crippen molar-refractivity contribution in [3.63, 3.8) is 0 Å². The zero-order valence-corrected chi connectivity index (χ0v) is 17.3. The summed E-state index contributed by atoms with van der Waals surface area (Å²) in [5.74, 6) is -0.0866. The van der Waals surface area contributed by atoms with E-state index < -0.39 is 11.9 Å². The van der Waals surface area contributed by atoms with Gasteiger partial charge in [-0.25, -0.2) is 0 Å². The minimum absolute atomic E-state index is 0.0408. The highest BCUT2D eigenvalue weighted by Crippen LogP contribution is 2.27. The molecule has 4 aromatic rings. The predicted octanol–water partition coefficient (Wildman–Crippen LogP) is 4.58. The smallest absolute Gasteiger partial charge is 0.306 e. The maximum atomic E-state index is 12.3. The second-order valence-corrected chi connectivity index (χ2v) is 7.42. The first-order valence-corrected chi connectivity index (χ1v) is 10.6. The Morgan fingerprint density at radius 3 is 2.61 bits per heavy atom. The molecule has 0 aliphatic heterocycles. The molecule has 2 aromatic carbocycles. The molecule has 8 heteroatoms. The van der Waals surface area contributed by atoms with Crippen molar-refractivity contribution in [1.82, 2.24) is 10.1 Å². The SMILES string of the molecule is O=C(COC(=O)CCc1nc(-c2ccsc2)no1)Nc1ccccc1-c1ccccc1. The fourth-order valence-electron chi connectivity index (χ4n) is 2.94. The Balaban J connectivity index is 1.26. The Hall–Kier alpha value is -3.78. The van der Waals surface area contributed by atoms with Gasteiger partial charge < -0.3 is 14.6 Å². The number of hydrogen-bond donors (Lipinski definition) is 1. The molecule has 4 rings (SSSR count). The summed E-state index contributed by atoms with van der Waals surface area (Å²) in [6.45, 7) is -0.369. The number of nitrogens with zero attached hydrogens (tertiary/aromatic N) is 2. The molecule has 0 saturated carbocycles. The fourth-order valence-corrected chi connectivity index (χ4v) is 3.57. The standard InChI is InChI=1S/C23H19N3O4S/c27-20(24-19-9-5-4-8-18(19)16-6-2-1-3-7-16)14-29-22(28)11-10-21-25-23(26-30-21)17-12-13-31-15-17/h1-9,12-13,15H,10-11,14H2,(H,24,27). The van der Waals surface area contributed by atoms with Crippen molar-refractivity contribution in [3.05, 3.63) is 77.3 Å². The predicted molar refractivity (Wildman–Crippen MR) is 117 cm³/mol. The summed E-state index contributed by atoms with van der Waals surface area (Å²) in [7, 11) is 0. The van der Waals surface area contributed by atoms with Gasteiger partial charge in [-0.15, -0.1) is 0 Å². The summed E-state index contributed by atoms with van der Waals surface area (Å²) >= 11 is 1.54. The van der Waals surface area contributed by atoms with Crippen molar-refractivity contribution in [2.45, 2.75) is 12.8 Å². The number of anilines is 1. The van der Waals surface area contributed by atoms with Gasteiger partial charge in [-0.05, 0) is 23.1 Å². The lowest BCUT2D eigenvalue weighted by Gasteiger charge is -2.11. The number of rotatable bonds is 8. The Labute approximate surface area is 182 Å².